The highest BCUT2D eigenvalue weighted by Crippen LogP contribution is 2.39. The van der Waals surface area contributed by atoms with Crippen LogP contribution in [0.4, 0.5) is 5.69 Å². The van der Waals surface area contributed by atoms with Gasteiger partial charge in [-0.2, -0.15) is 9.57 Å². The van der Waals surface area contributed by atoms with E-state index in [0.29, 0.717) is 31.9 Å². The predicted molar refractivity (Wildman–Crippen MR) is 131 cm³/mol. The van der Waals surface area contributed by atoms with E-state index in [1.807, 2.05) is 20.8 Å². The summed E-state index contributed by atoms with van der Waals surface area (Å²) < 4.78 is 32.9. The van der Waals surface area contributed by atoms with Gasteiger partial charge in [0.15, 0.2) is 0 Å². The van der Waals surface area contributed by atoms with Crippen LogP contribution in [0.3, 0.4) is 0 Å². The molecule has 0 spiro atoms. The SMILES string of the molecule is CN(C(C)(C)C)S(=O)(=O)c1ccc(NC2NN(C3(CC#N)CCOCC3)C3CCNC(=O)C23)cc1. The van der Waals surface area contributed by atoms with Crippen LogP contribution in [0.15, 0.2) is 29.2 Å². The number of carbonyl (C=O) groups excluding carboxylic acids is 1. The first-order chi connectivity index (χ1) is 16.5. The maximum Gasteiger partial charge on any atom is 0.243 e. The fraction of sp³-hybridized carbons (Fsp3) is 0.667. The van der Waals surface area contributed by atoms with Crippen LogP contribution in [-0.2, 0) is 19.6 Å². The highest BCUT2D eigenvalue weighted by Gasteiger charge is 2.54. The number of nitrogens with one attached hydrogen (secondary N) is 3. The van der Waals surface area contributed by atoms with Gasteiger partial charge in [0.1, 0.15) is 6.17 Å². The fourth-order valence-corrected chi connectivity index (χ4v) is 6.76. The molecule has 0 aromatic heterocycles. The average Bonchev–Trinajstić information content (AvgIpc) is 3.19. The van der Waals surface area contributed by atoms with Gasteiger partial charge in [0.25, 0.3) is 0 Å². The summed E-state index contributed by atoms with van der Waals surface area (Å²) in [4.78, 5) is 13.1. The van der Waals surface area contributed by atoms with Crippen molar-refractivity contribution in [3.05, 3.63) is 24.3 Å². The Morgan fingerprint density at radius 2 is 1.91 bits per heavy atom. The first-order valence-electron chi connectivity index (χ1n) is 12.1. The number of anilines is 1. The zero-order valence-electron chi connectivity index (χ0n) is 20.9. The van der Waals surface area contributed by atoms with E-state index in [2.05, 4.69) is 27.1 Å². The smallest absolute Gasteiger partial charge is 0.243 e. The van der Waals surface area contributed by atoms with Gasteiger partial charge in [-0.1, -0.05) is 0 Å². The van der Waals surface area contributed by atoms with Gasteiger partial charge in [-0.3, -0.25) is 4.79 Å². The number of benzene rings is 1. The van der Waals surface area contributed by atoms with Crippen LogP contribution in [0, 0.1) is 17.2 Å². The highest BCUT2D eigenvalue weighted by atomic mass is 32.2. The van der Waals surface area contributed by atoms with Crippen molar-refractivity contribution in [2.45, 2.75) is 74.6 Å². The molecule has 3 aliphatic rings. The number of hydrogen-bond acceptors (Lipinski definition) is 8. The van der Waals surface area contributed by atoms with Gasteiger partial charge in [0.2, 0.25) is 15.9 Å². The van der Waals surface area contributed by atoms with Crippen molar-refractivity contribution in [3.63, 3.8) is 0 Å². The van der Waals surface area contributed by atoms with E-state index in [1.165, 1.54) is 4.31 Å². The summed E-state index contributed by atoms with van der Waals surface area (Å²) in [6.45, 7) is 7.31. The lowest BCUT2D eigenvalue weighted by Gasteiger charge is -2.46. The van der Waals surface area contributed by atoms with Crippen LogP contribution in [-0.4, -0.2) is 73.7 Å². The monoisotopic (exact) mass is 504 g/mol. The summed E-state index contributed by atoms with van der Waals surface area (Å²) in [5.41, 5.74) is 3.30. The molecule has 4 rings (SSSR count). The third-order valence-corrected chi connectivity index (χ3v) is 9.68. The Bertz CT molecular complexity index is 1070. The van der Waals surface area contributed by atoms with Crippen LogP contribution in [0.5, 0.6) is 0 Å². The molecule has 0 saturated carbocycles. The molecule has 0 radical (unpaired) electrons. The largest absolute Gasteiger partial charge is 0.381 e. The maximum absolute atomic E-state index is 13.0. The summed E-state index contributed by atoms with van der Waals surface area (Å²) in [6, 6.07) is 8.92. The van der Waals surface area contributed by atoms with Crippen molar-refractivity contribution in [1.29, 1.82) is 5.26 Å². The quantitative estimate of drug-likeness (QED) is 0.534. The molecule has 3 N–H and O–H groups in total. The molecule has 3 saturated heterocycles. The van der Waals surface area contributed by atoms with Gasteiger partial charge in [-0.15, -0.1) is 0 Å². The second-order valence-electron chi connectivity index (χ2n) is 10.6. The third-order valence-electron chi connectivity index (χ3n) is 7.55. The Morgan fingerprint density at radius 1 is 1.26 bits per heavy atom. The molecule has 0 aliphatic carbocycles. The molecule has 3 heterocycles. The van der Waals surface area contributed by atoms with Gasteiger partial charge in [-0.25, -0.2) is 18.9 Å². The molecule has 0 bridgehead atoms. The number of nitrogens with zero attached hydrogens (tertiary/aromatic N) is 3. The summed E-state index contributed by atoms with van der Waals surface area (Å²) in [6.07, 6.45) is 2.19. The average molecular weight is 505 g/mol. The number of hydrazine groups is 1. The minimum absolute atomic E-state index is 0.0288. The van der Waals surface area contributed by atoms with Gasteiger partial charge in [0, 0.05) is 44.1 Å². The minimum atomic E-state index is -3.63. The topological polar surface area (TPSA) is 127 Å². The van der Waals surface area contributed by atoms with Gasteiger partial charge >= 0.3 is 0 Å². The molecule has 11 heteroatoms. The summed E-state index contributed by atoms with van der Waals surface area (Å²) in [7, 11) is -2.05. The Labute approximate surface area is 208 Å². The summed E-state index contributed by atoms with van der Waals surface area (Å²) >= 11 is 0. The van der Waals surface area contributed by atoms with Crippen molar-refractivity contribution in [2.75, 3.05) is 32.1 Å². The van der Waals surface area contributed by atoms with Gasteiger partial charge in [0.05, 0.1) is 28.8 Å². The Kier molecular flexibility index (Phi) is 7.14. The van der Waals surface area contributed by atoms with Crippen LogP contribution >= 0.6 is 0 Å². The van der Waals surface area contributed by atoms with Crippen LogP contribution < -0.4 is 16.1 Å². The lowest BCUT2D eigenvalue weighted by molar-refractivity contribution is -0.129. The zero-order chi connectivity index (χ0) is 25.4. The van der Waals surface area contributed by atoms with E-state index in [-0.39, 0.29) is 28.3 Å². The van der Waals surface area contributed by atoms with E-state index < -0.39 is 21.7 Å². The lowest BCUT2D eigenvalue weighted by atomic mass is 9.82. The maximum atomic E-state index is 13.0. The number of ether oxygens (including phenoxy) is 1. The van der Waals surface area contributed by atoms with E-state index in [0.717, 1.165) is 19.3 Å². The van der Waals surface area contributed by atoms with Crippen molar-refractivity contribution in [2.24, 2.45) is 5.92 Å². The number of hydrogen-bond donors (Lipinski definition) is 3. The van der Waals surface area contributed by atoms with Gasteiger partial charge < -0.3 is 15.4 Å². The number of nitriles is 1. The third kappa shape index (κ3) is 4.90. The van der Waals surface area contributed by atoms with Crippen molar-refractivity contribution in [3.8, 4) is 6.07 Å². The predicted octanol–water partition coefficient (Wildman–Crippen LogP) is 1.63. The number of carbonyl (C=O) groups is 1. The minimum Gasteiger partial charge on any atom is -0.381 e. The molecule has 1 aromatic rings. The second-order valence-corrected chi connectivity index (χ2v) is 12.6. The summed E-state index contributed by atoms with van der Waals surface area (Å²) in [5.74, 6) is -0.378. The molecule has 3 atom stereocenters. The molecule has 1 amide bonds. The van der Waals surface area contributed by atoms with E-state index in [4.69, 9.17) is 4.74 Å². The Hall–Kier alpha value is -2.23. The molecule has 3 unspecified atom stereocenters. The Morgan fingerprint density at radius 3 is 2.51 bits per heavy atom. The lowest BCUT2D eigenvalue weighted by Crippen LogP contribution is -2.60. The second kappa shape index (κ2) is 9.67. The molecule has 192 valence electrons. The van der Waals surface area contributed by atoms with E-state index in [9.17, 15) is 18.5 Å². The zero-order valence-corrected chi connectivity index (χ0v) is 21.7. The first-order valence-corrected chi connectivity index (χ1v) is 13.6. The van der Waals surface area contributed by atoms with Crippen LogP contribution in [0.25, 0.3) is 0 Å². The Balaban J connectivity index is 1.57. The molecular formula is C24H36N6O4S. The van der Waals surface area contributed by atoms with Crippen molar-refractivity contribution >= 4 is 21.6 Å². The number of piperidine rings is 1. The van der Waals surface area contributed by atoms with Crippen LogP contribution in [0.2, 0.25) is 0 Å². The molecule has 3 fully saturated rings. The van der Waals surface area contributed by atoms with Crippen molar-refractivity contribution < 1.29 is 17.9 Å². The number of fused-ring (bicyclic) bond motifs is 1. The normalized spacial score (nSPS) is 27.2. The van der Waals surface area contributed by atoms with Crippen LogP contribution in [0.1, 0.15) is 46.5 Å². The highest BCUT2D eigenvalue weighted by molar-refractivity contribution is 7.89. The molecule has 35 heavy (non-hydrogen) atoms. The van der Waals surface area contributed by atoms with E-state index >= 15 is 0 Å². The molecule has 3 aliphatic heterocycles. The van der Waals surface area contributed by atoms with Gasteiger partial charge in [-0.05, 0) is 64.3 Å². The van der Waals surface area contributed by atoms with E-state index in [1.54, 1.807) is 31.3 Å². The molecule has 1 aromatic carbocycles. The number of amides is 1. The molecular weight excluding hydrogens is 468 g/mol. The van der Waals surface area contributed by atoms with Crippen molar-refractivity contribution in [1.82, 2.24) is 20.1 Å². The first kappa shape index (κ1) is 25.9. The standard InChI is InChI=1S/C24H36N6O4S/c1-23(2,3)29(4)35(32,33)18-7-5-17(6-8-18)27-21-20-19(9-14-26-22(20)31)30(28-21)24(10-13-25)11-15-34-16-12-24/h5-8,19-21,27-28H,9-12,14-16H2,1-4H3,(H,26,31). The summed E-state index contributed by atoms with van der Waals surface area (Å²) in [5, 5.41) is 18.1. The number of sulfonamides is 1. The number of rotatable bonds is 6. The fourth-order valence-electron chi connectivity index (χ4n) is 5.24. The molecule has 10 nitrogen and oxygen atoms in total.